The molecule has 0 amide bonds. The van der Waals surface area contributed by atoms with Gasteiger partial charge in [0.05, 0.1) is 24.7 Å². The monoisotopic (exact) mass is 196 g/mol. The molecule has 1 saturated carbocycles. The van der Waals surface area contributed by atoms with Crippen LogP contribution in [0.5, 0.6) is 0 Å². The van der Waals surface area contributed by atoms with Crippen LogP contribution < -0.4 is 0 Å². The van der Waals surface area contributed by atoms with Crippen molar-refractivity contribution in [3.63, 3.8) is 0 Å². The predicted molar refractivity (Wildman–Crippen MR) is 50.7 cm³/mol. The van der Waals surface area contributed by atoms with Crippen molar-refractivity contribution in [3.8, 4) is 0 Å². The predicted octanol–water partition coefficient (Wildman–Crippen LogP) is 1.22. The molecule has 2 atom stereocenters. The Hall–Kier alpha value is -0.380. The molecule has 0 aromatic heterocycles. The van der Waals surface area contributed by atoms with Crippen molar-refractivity contribution in [3.05, 3.63) is 12.2 Å². The summed E-state index contributed by atoms with van der Waals surface area (Å²) in [7, 11) is 0. The summed E-state index contributed by atoms with van der Waals surface area (Å²) in [6, 6.07) is 0. The number of fused-ring (bicyclic) bond motifs is 1. The van der Waals surface area contributed by atoms with Gasteiger partial charge in [0.15, 0.2) is 5.79 Å². The Bertz CT molecular complexity index is 262. The standard InChI is InChI=1S/C11H16O3/c12-9-3-1-4-10(9)5-2-6-11(10)13-7-8-14-11/h1,3,9,12H,2,4-8H2. The number of aliphatic hydroxyl groups is 1. The minimum Gasteiger partial charge on any atom is -0.388 e. The first-order valence-electron chi connectivity index (χ1n) is 5.42. The summed E-state index contributed by atoms with van der Waals surface area (Å²) in [6.07, 6.45) is 7.50. The Morgan fingerprint density at radius 3 is 2.64 bits per heavy atom. The highest BCUT2D eigenvalue weighted by Gasteiger charge is 2.62. The SMILES string of the molecule is OC1C=CCC12CCCC21OCCO1. The second-order valence-electron chi connectivity index (χ2n) is 4.54. The molecule has 3 heteroatoms. The first kappa shape index (κ1) is 8.89. The fourth-order valence-corrected chi connectivity index (χ4v) is 3.31. The molecule has 2 fully saturated rings. The number of aliphatic hydroxyl groups excluding tert-OH is 1. The van der Waals surface area contributed by atoms with E-state index in [-0.39, 0.29) is 11.5 Å². The van der Waals surface area contributed by atoms with Crippen LogP contribution in [0.1, 0.15) is 25.7 Å². The number of hydrogen-bond donors (Lipinski definition) is 1. The van der Waals surface area contributed by atoms with Gasteiger partial charge in [-0.15, -0.1) is 0 Å². The van der Waals surface area contributed by atoms with E-state index in [0.717, 1.165) is 25.7 Å². The van der Waals surface area contributed by atoms with Crippen molar-refractivity contribution >= 4 is 0 Å². The highest BCUT2D eigenvalue weighted by molar-refractivity contribution is 5.18. The van der Waals surface area contributed by atoms with E-state index < -0.39 is 5.79 Å². The highest BCUT2D eigenvalue weighted by atomic mass is 16.7. The van der Waals surface area contributed by atoms with Crippen LogP contribution in [-0.2, 0) is 9.47 Å². The van der Waals surface area contributed by atoms with Crippen LogP contribution in [0.4, 0.5) is 0 Å². The van der Waals surface area contributed by atoms with Gasteiger partial charge >= 0.3 is 0 Å². The third kappa shape index (κ3) is 0.879. The van der Waals surface area contributed by atoms with E-state index in [9.17, 15) is 5.11 Å². The molecule has 3 rings (SSSR count). The molecule has 2 aliphatic carbocycles. The fourth-order valence-electron chi connectivity index (χ4n) is 3.31. The maximum atomic E-state index is 10.1. The molecular weight excluding hydrogens is 180 g/mol. The minimum absolute atomic E-state index is 0.177. The van der Waals surface area contributed by atoms with E-state index in [1.807, 2.05) is 6.08 Å². The van der Waals surface area contributed by atoms with E-state index in [1.165, 1.54) is 0 Å². The van der Waals surface area contributed by atoms with Gasteiger partial charge in [0, 0.05) is 6.42 Å². The number of rotatable bonds is 0. The fraction of sp³-hybridized carbons (Fsp3) is 0.818. The summed E-state index contributed by atoms with van der Waals surface area (Å²) in [6.45, 7) is 1.35. The molecule has 1 heterocycles. The molecule has 2 unspecified atom stereocenters. The molecule has 1 aliphatic heterocycles. The zero-order valence-corrected chi connectivity index (χ0v) is 8.24. The Morgan fingerprint density at radius 1 is 1.21 bits per heavy atom. The average Bonchev–Trinajstić information content (AvgIpc) is 2.84. The number of ether oxygens (including phenoxy) is 2. The normalized spacial score (nSPS) is 44.5. The van der Waals surface area contributed by atoms with Crippen LogP contribution in [0.25, 0.3) is 0 Å². The third-order valence-corrected chi connectivity index (χ3v) is 4.01. The molecule has 2 spiro atoms. The summed E-state index contributed by atoms with van der Waals surface area (Å²) in [5, 5.41) is 10.1. The van der Waals surface area contributed by atoms with Gasteiger partial charge in [-0.05, 0) is 19.3 Å². The Labute approximate surface area is 83.7 Å². The lowest BCUT2D eigenvalue weighted by Gasteiger charge is -2.41. The van der Waals surface area contributed by atoms with Crippen LogP contribution in [0, 0.1) is 5.41 Å². The smallest absolute Gasteiger partial charge is 0.177 e. The zero-order valence-electron chi connectivity index (χ0n) is 8.24. The quantitative estimate of drug-likeness (QED) is 0.592. The van der Waals surface area contributed by atoms with Gasteiger partial charge in [0.2, 0.25) is 0 Å². The van der Waals surface area contributed by atoms with Crippen LogP contribution in [0.3, 0.4) is 0 Å². The van der Waals surface area contributed by atoms with Crippen molar-refractivity contribution < 1.29 is 14.6 Å². The highest BCUT2D eigenvalue weighted by Crippen LogP contribution is 2.57. The molecule has 0 aromatic carbocycles. The van der Waals surface area contributed by atoms with E-state index in [2.05, 4.69) is 6.08 Å². The molecule has 78 valence electrons. The molecular formula is C11H16O3. The zero-order chi connectivity index (χ0) is 9.65. The van der Waals surface area contributed by atoms with Crippen LogP contribution >= 0.6 is 0 Å². The van der Waals surface area contributed by atoms with Crippen molar-refractivity contribution in [1.82, 2.24) is 0 Å². The van der Waals surface area contributed by atoms with Gasteiger partial charge in [0.25, 0.3) is 0 Å². The van der Waals surface area contributed by atoms with Gasteiger partial charge in [-0.2, -0.15) is 0 Å². The molecule has 3 nitrogen and oxygen atoms in total. The van der Waals surface area contributed by atoms with Crippen molar-refractivity contribution in [2.45, 2.75) is 37.6 Å². The Morgan fingerprint density at radius 2 is 2.00 bits per heavy atom. The topological polar surface area (TPSA) is 38.7 Å². The van der Waals surface area contributed by atoms with Gasteiger partial charge in [-0.1, -0.05) is 12.2 Å². The lowest BCUT2D eigenvalue weighted by atomic mass is 9.77. The molecule has 0 aromatic rings. The van der Waals surface area contributed by atoms with E-state index in [1.54, 1.807) is 0 Å². The largest absolute Gasteiger partial charge is 0.388 e. The first-order chi connectivity index (χ1) is 6.79. The summed E-state index contributed by atoms with van der Waals surface area (Å²) in [5.41, 5.74) is -0.177. The first-order valence-corrected chi connectivity index (χ1v) is 5.42. The molecule has 1 saturated heterocycles. The minimum atomic E-state index is -0.476. The van der Waals surface area contributed by atoms with Gasteiger partial charge in [-0.3, -0.25) is 0 Å². The van der Waals surface area contributed by atoms with E-state index in [4.69, 9.17) is 9.47 Å². The molecule has 1 N–H and O–H groups in total. The molecule has 14 heavy (non-hydrogen) atoms. The Balaban J connectivity index is 1.98. The van der Waals surface area contributed by atoms with Crippen molar-refractivity contribution in [2.24, 2.45) is 5.41 Å². The summed E-state index contributed by atoms with van der Waals surface area (Å²) >= 11 is 0. The van der Waals surface area contributed by atoms with E-state index >= 15 is 0 Å². The van der Waals surface area contributed by atoms with Gasteiger partial charge in [-0.25, -0.2) is 0 Å². The van der Waals surface area contributed by atoms with Crippen LogP contribution in [-0.4, -0.2) is 30.2 Å². The number of hydrogen-bond acceptors (Lipinski definition) is 3. The van der Waals surface area contributed by atoms with Crippen LogP contribution in [0.15, 0.2) is 12.2 Å². The lowest BCUT2D eigenvalue weighted by Crippen LogP contribution is -2.49. The van der Waals surface area contributed by atoms with Crippen LogP contribution in [0.2, 0.25) is 0 Å². The summed E-state index contributed by atoms with van der Waals surface area (Å²) in [5.74, 6) is -0.476. The van der Waals surface area contributed by atoms with Crippen molar-refractivity contribution in [1.29, 1.82) is 0 Å². The third-order valence-electron chi connectivity index (χ3n) is 4.01. The Kier molecular flexibility index (Phi) is 1.79. The average molecular weight is 196 g/mol. The second kappa shape index (κ2) is 2.81. The van der Waals surface area contributed by atoms with E-state index in [0.29, 0.717) is 13.2 Å². The molecule has 0 radical (unpaired) electrons. The maximum absolute atomic E-state index is 10.1. The van der Waals surface area contributed by atoms with Crippen molar-refractivity contribution in [2.75, 3.05) is 13.2 Å². The molecule has 0 bridgehead atoms. The van der Waals surface area contributed by atoms with Gasteiger partial charge < -0.3 is 14.6 Å². The summed E-state index contributed by atoms with van der Waals surface area (Å²) < 4.78 is 11.6. The molecule has 3 aliphatic rings. The number of allylic oxidation sites excluding steroid dienone is 1. The second-order valence-corrected chi connectivity index (χ2v) is 4.54. The van der Waals surface area contributed by atoms with Gasteiger partial charge in [0.1, 0.15) is 0 Å². The maximum Gasteiger partial charge on any atom is 0.177 e. The summed E-state index contributed by atoms with van der Waals surface area (Å²) in [4.78, 5) is 0. The lowest BCUT2D eigenvalue weighted by molar-refractivity contribution is -0.238.